The zero-order valence-electron chi connectivity index (χ0n) is 16.8. The van der Waals surface area contributed by atoms with Crippen molar-refractivity contribution >= 4 is 18.1 Å². The van der Waals surface area contributed by atoms with Crippen molar-refractivity contribution < 1.29 is 14.4 Å². The number of nitro benzene ring substituents is 1. The zero-order chi connectivity index (χ0) is 20.1. The fourth-order valence-electron chi connectivity index (χ4n) is 3.49. The number of nitrogens with two attached hydrogens (primary N) is 1. The van der Waals surface area contributed by atoms with Crippen LogP contribution in [0.1, 0.15) is 24.5 Å². The summed E-state index contributed by atoms with van der Waals surface area (Å²) < 4.78 is 11.4. The Balaban J connectivity index is 0.00000300. The maximum absolute atomic E-state index is 10.8. The van der Waals surface area contributed by atoms with Gasteiger partial charge in [-0.3, -0.25) is 15.0 Å². The van der Waals surface area contributed by atoms with E-state index in [1.54, 1.807) is 19.2 Å². The van der Waals surface area contributed by atoms with Crippen molar-refractivity contribution in [2.45, 2.75) is 26.5 Å². The predicted molar refractivity (Wildman–Crippen MR) is 115 cm³/mol. The van der Waals surface area contributed by atoms with Crippen molar-refractivity contribution in [3.63, 3.8) is 0 Å². The molecule has 1 heterocycles. The topological polar surface area (TPSA) is 90.9 Å². The van der Waals surface area contributed by atoms with E-state index in [1.807, 2.05) is 12.1 Å². The number of rotatable bonds is 8. The first kappa shape index (κ1) is 22.9. The zero-order valence-corrected chi connectivity index (χ0v) is 17.6. The lowest BCUT2D eigenvalue weighted by atomic mass is 9.90. The maximum Gasteiger partial charge on any atom is 0.269 e. The molecule has 1 aliphatic rings. The molecule has 2 N–H and O–H groups in total. The Bertz CT molecular complexity index is 831. The normalized spacial score (nSPS) is 18.9. The number of hydrogen-bond donors (Lipinski definition) is 1. The number of non-ortho nitro benzene ring substituents is 1. The summed E-state index contributed by atoms with van der Waals surface area (Å²) in [6.07, 6.45) is 1.11. The minimum absolute atomic E-state index is 0. The van der Waals surface area contributed by atoms with E-state index in [0.717, 1.165) is 37.2 Å². The Morgan fingerprint density at radius 2 is 1.86 bits per heavy atom. The average Bonchev–Trinajstić information content (AvgIpc) is 3.08. The Labute approximate surface area is 177 Å². The Kier molecular flexibility index (Phi) is 7.84. The fourth-order valence-corrected chi connectivity index (χ4v) is 3.49. The first-order chi connectivity index (χ1) is 13.4. The highest BCUT2D eigenvalue weighted by molar-refractivity contribution is 5.85. The lowest BCUT2D eigenvalue weighted by Crippen LogP contribution is -2.31. The third-order valence-electron chi connectivity index (χ3n) is 5.31. The van der Waals surface area contributed by atoms with E-state index >= 15 is 0 Å². The summed E-state index contributed by atoms with van der Waals surface area (Å²) in [4.78, 5) is 12.8. The second-order valence-corrected chi connectivity index (χ2v) is 7.67. The number of likely N-dealkylation sites (tertiary alicyclic amines) is 1. The average molecular weight is 422 g/mol. The third-order valence-corrected chi connectivity index (χ3v) is 5.31. The highest BCUT2D eigenvalue weighted by atomic mass is 35.5. The first-order valence-electron chi connectivity index (χ1n) is 9.38. The molecular weight excluding hydrogens is 394 g/mol. The smallest absolute Gasteiger partial charge is 0.269 e. The number of benzene rings is 2. The van der Waals surface area contributed by atoms with Crippen LogP contribution in [0.25, 0.3) is 0 Å². The molecule has 7 nitrogen and oxygen atoms in total. The van der Waals surface area contributed by atoms with Gasteiger partial charge in [0.05, 0.1) is 12.0 Å². The SMILES string of the molecule is COc1ccc(CN2CCC(C)(CN)C2)cc1OCc1ccc([N+](=O)[O-])cc1.Cl. The van der Waals surface area contributed by atoms with Gasteiger partial charge in [0, 0.05) is 25.2 Å². The minimum atomic E-state index is -0.412. The molecule has 29 heavy (non-hydrogen) atoms. The molecule has 0 amide bonds. The fraction of sp³-hybridized carbons (Fsp3) is 0.429. The minimum Gasteiger partial charge on any atom is -0.493 e. The molecular formula is C21H28ClN3O4. The summed E-state index contributed by atoms with van der Waals surface area (Å²) in [5.41, 5.74) is 8.18. The first-order valence-corrected chi connectivity index (χ1v) is 9.38. The van der Waals surface area contributed by atoms with Crippen LogP contribution in [0.3, 0.4) is 0 Å². The van der Waals surface area contributed by atoms with Crippen LogP contribution in [0.2, 0.25) is 0 Å². The third kappa shape index (κ3) is 5.82. The summed E-state index contributed by atoms with van der Waals surface area (Å²) in [5, 5.41) is 10.8. The quantitative estimate of drug-likeness (QED) is 0.515. The molecule has 2 aromatic rings. The summed E-state index contributed by atoms with van der Waals surface area (Å²) >= 11 is 0. The maximum atomic E-state index is 10.8. The lowest BCUT2D eigenvalue weighted by Gasteiger charge is -2.23. The molecule has 1 fully saturated rings. The highest BCUT2D eigenvalue weighted by Gasteiger charge is 2.32. The number of ether oxygens (including phenoxy) is 2. The van der Waals surface area contributed by atoms with E-state index in [4.69, 9.17) is 15.2 Å². The summed E-state index contributed by atoms with van der Waals surface area (Å²) in [5.74, 6) is 1.33. The van der Waals surface area contributed by atoms with Gasteiger partial charge >= 0.3 is 0 Å². The summed E-state index contributed by atoms with van der Waals surface area (Å²) in [6.45, 7) is 6.13. The standard InChI is InChI=1S/C21H27N3O4.ClH/c1-21(14-22)9-10-23(15-21)12-17-5-8-19(27-2)20(11-17)28-13-16-3-6-18(7-4-16)24(25)26;/h3-8,11H,9-10,12-15,22H2,1-2H3;1H. The number of hydrogen-bond acceptors (Lipinski definition) is 6. The van der Waals surface area contributed by atoms with Crippen molar-refractivity contribution in [1.29, 1.82) is 0 Å². The molecule has 158 valence electrons. The Hall–Kier alpha value is -2.35. The van der Waals surface area contributed by atoms with Crippen molar-refractivity contribution in [3.05, 3.63) is 63.7 Å². The van der Waals surface area contributed by atoms with Crippen molar-refractivity contribution in [3.8, 4) is 11.5 Å². The molecule has 1 saturated heterocycles. The number of halogens is 1. The van der Waals surface area contributed by atoms with Crippen molar-refractivity contribution in [2.24, 2.45) is 11.1 Å². The highest BCUT2D eigenvalue weighted by Crippen LogP contribution is 2.32. The van der Waals surface area contributed by atoms with Gasteiger partial charge in [-0.05, 0) is 60.3 Å². The van der Waals surface area contributed by atoms with Crippen molar-refractivity contribution in [1.82, 2.24) is 4.90 Å². The van der Waals surface area contributed by atoms with E-state index in [1.165, 1.54) is 12.1 Å². The summed E-state index contributed by atoms with van der Waals surface area (Å²) in [6, 6.07) is 12.3. The van der Waals surface area contributed by atoms with Crippen LogP contribution in [0.5, 0.6) is 11.5 Å². The van der Waals surface area contributed by atoms with E-state index in [2.05, 4.69) is 17.9 Å². The van der Waals surface area contributed by atoms with Gasteiger partial charge in [0.1, 0.15) is 6.61 Å². The lowest BCUT2D eigenvalue weighted by molar-refractivity contribution is -0.384. The molecule has 0 radical (unpaired) electrons. The van der Waals surface area contributed by atoms with Crippen LogP contribution >= 0.6 is 12.4 Å². The second kappa shape index (κ2) is 9.91. The number of nitrogens with zero attached hydrogens (tertiary/aromatic N) is 2. The molecule has 1 aliphatic heterocycles. The van der Waals surface area contributed by atoms with Crippen LogP contribution in [0, 0.1) is 15.5 Å². The van der Waals surface area contributed by atoms with E-state index in [0.29, 0.717) is 24.7 Å². The van der Waals surface area contributed by atoms with Crippen LogP contribution < -0.4 is 15.2 Å². The second-order valence-electron chi connectivity index (χ2n) is 7.67. The van der Waals surface area contributed by atoms with Gasteiger partial charge in [-0.2, -0.15) is 0 Å². The van der Waals surface area contributed by atoms with Crippen LogP contribution in [0.4, 0.5) is 5.69 Å². The Morgan fingerprint density at radius 3 is 2.45 bits per heavy atom. The summed E-state index contributed by atoms with van der Waals surface area (Å²) in [7, 11) is 1.61. The van der Waals surface area contributed by atoms with Gasteiger partial charge in [0.25, 0.3) is 5.69 Å². The van der Waals surface area contributed by atoms with E-state index < -0.39 is 4.92 Å². The largest absolute Gasteiger partial charge is 0.493 e. The number of methoxy groups -OCH3 is 1. The monoisotopic (exact) mass is 421 g/mol. The van der Waals surface area contributed by atoms with Crippen LogP contribution in [-0.4, -0.2) is 36.6 Å². The molecule has 0 bridgehead atoms. The molecule has 2 aromatic carbocycles. The van der Waals surface area contributed by atoms with Crippen LogP contribution in [0.15, 0.2) is 42.5 Å². The molecule has 0 aromatic heterocycles. The molecule has 1 unspecified atom stereocenters. The Morgan fingerprint density at radius 1 is 1.17 bits per heavy atom. The van der Waals surface area contributed by atoms with Gasteiger partial charge < -0.3 is 15.2 Å². The molecule has 8 heteroatoms. The van der Waals surface area contributed by atoms with Gasteiger partial charge in [0.15, 0.2) is 11.5 Å². The van der Waals surface area contributed by atoms with Gasteiger partial charge in [-0.25, -0.2) is 0 Å². The van der Waals surface area contributed by atoms with Crippen LogP contribution in [-0.2, 0) is 13.2 Å². The molecule has 0 saturated carbocycles. The molecule has 3 rings (SSSR count). The van der Waals surface area contributed by atoms with E-state index in [-0.39, 0.29) is 23.5 Å². The molecule has 0 spiro atoms. The number of nitro groups is 1. The predicted octanol–water partition coefficient (Wildman–Crippen LogP) is 3.77. The van der Waals surface area contributed by atoms with Gasteiger partial charge in [0.2, 0.25) is 0 Å². The molecule has 0 aliphatic carbocycles. The van der Waals surface area contributed by atoms with Crippen molar-refractivity contribution in [2.75, 3.05) is 26.7 Å². The molecule has 1 atom stereocenters. The van der Waals surface area contributed by atoms with Gasteiger partial charge in [-0.1, -0.05) is 13.0 Å². The van der Waals surface area contributed by atoms with E-state index in [9.17, 15) is 10.1 Å². The van der Waals surface area contributed by atoms with Gasteiger partial charge in [-0.15, -0.1) is 12.4 Å².